The molecule has 0 aliphatic heterocycles. The van der Waals surface area contributed by atoms with E-state index in [-0.39, 0.29) is 18.3 Å². The number of ether oxygens (including phenoxy) is 1. The van der Waals surface area contributed by atoms with Gasteiger partial charge in [-0.25, -0.2) is 4.79 Å². The standard InChI is InChI=1S/C18H18N2O3S/c19-17(21)16(10-24)20-18(22)23-9-15-13-7-3-1-5-11(13)12-6-2-4-8-14(12)15/h1-8,15-16,24H,9-10H2,(H2,19,21)(H,20,22). The van der Waals surface area contributed by atoms with Crippen molar-refractivity contribution in [2.45, 2.75) is 12.0 Å². The van der Waals surface area contributed by atoms with Crippen LogP contribution in [0.5, 0.6) is 0 Å². The van der Waals surface area contributed by atoms with E-state index in [1.54, 1.807) is 0 Å². The normalized spacial score (nSPS) is 13.7. The molecule has 3 rings (SSSR count). The van der Waals surface area contributed by atoms with Crippen LogP contribution in [0, 0.1) is 0 Å². The fraction of sp³-hybridized carbons (Fsp3) is 0.222. The van der Waals surface area contributed by atoms with E-state index >= 15 is 0 Å². The van der Waals surface area contributed by atoms with E-state index in [2.05, 4.69) is 30.1 Å². The fourth-order valence-corrected chi connectivity index (χ4v) is 3.26. The molecule has 0 radical (unpaired) electrons. The first-order chi connectivity index (χ1) is 11.6. The zero-order chi connectivity index (χ0) is 17.1. The van der Waals surface area contributed by atoms with Crippen LogP contribution in [0.15, 0.2) is 48.5 Å². The minimum Gasteiger partial charge on any atom is -0.449 e. The third-order valence-corrected chi connectivity index (χ3v) is 4.53. The van der Waals surface area contributed by atoms with Gasteiger partial charge in [0.15, 0.2) is 0 Å². The molecule has 3 N–H and O–H groups in total. The molecule has 0 heterocycles. The van der Waals surface area contributed by atoms with E-state index in [0.29, 0.717) is 0 Å². The molecule has 6 heteroatoms. The molecule has 1 aliphatic carbocycles. The Labute approximate surface area is 145 Å². The highest BCUT2D eigenvalue weighted by Crippen LogP contribution is 2.44. The Morgan fingerprint density at radius 1 is 1.08 bits per heavy atom. The topological polar surface area (TPSA) is 81.4 Å². The van der Waals surface area contributed by atoms with Crippen molar-refractivity contribution in [1.29, 1.82) is 0 Å². The van der Waals surface area contributed by atoms with Gasteiger partial charge in [0, 0.05) is 11.7 Å². The summed E-state index contributed by atoms with van der Waals surface area (Å²) in [6.45, 7) is 0.192. The van der Waals surface area contributed by atoms with Gasteiger partial charge in [-0.3, -0.25) is 4.79 Å². The van der Waals surface area contributed by atoms with Crippen LogP contribution in [0.25, 0.3) is 11.1 Å². The summed E-state index contributed by atoms with van der Waals surface area (Å²) < 4.78 is 5.33. The predicted molar refractivity (Wildman–Crippen MR) is 95.0 cm³/mol. The molecular formula is C18H18N2O3S. The average molecular weight is 342 g/mol. The molecule has 1 aliphatic rings. The highest BCUT2D eigenvalue weighted by Gasteiger charge is 2.29. The van der Waals surface area contributed by atoms with Gasteiger partial charge >= 0.3 is 6.09 Å². The van der Waals surface area contributed by atoms with Crippen LogP contribution in [0.4, 0.5) is 4.79 Å². The molecule has 0 saturated heterocycles. The Balaban J connectivity index is 1.74. The number of amides is 2. The number of hydrogen-bond donors (Lipinski definition) is 3. The SMILES string of the molecule is NC(=O)C(CS)NC(=O)OCC1c2ccccc2-c2ccccc21. The molecule has 0 spiro atoms. The first kappa shape index (κ1) is 16.4. The van der Waals surface area contributed by atoms with Crippen molar-refractivity contribution in [3.63, 3.8) is 0 Å². The maximum absolute atomic E-state index is 11.9. The largest absolute Gasteiger partial charge is 0.449 e. The fourth-order valence-electron chi connectivity index (χ4n) is 2.99. The second-order valence-corrected chi connectivity index (χ2v) is 5.97. The lowest BCUT2D eigenvalue weighted by Gasteiger charge is -2.16. The van der Waals surface area contributed by atoms with Gasteiger partial charge in [0.25, 0.3) is 0 Å². The minimum atomic E-state index is -0.844. The van der Waals surface area contributed by atoms with E-state index in [0.717, 1.165) is 22.3 Å². The maximum Gasteiger partial charge on any atom is 0.407 e. The number of carbonyl (C=O) groups excluding carboxylic acids is 2. The summed E-state index contributed by atoms with van der Waals surface area (Å²) in [5.74, 6) is -0.538. The monoisotopic (exact) mass is 342 g/mol. The van der Waals surface area contributed by atoms with Crippen molar-refractivity contribution in [1.82, 2.24) is 5.32 Å². The van der Waals surface area contributed by atoms with Crippen LogP contribution in [-0.2, 0) is 9.53 Å². The van der Waals surface area contributed by atoms with Gasteiger partial charge in [-0.05, 0) is 22.3 Å². The van der Waals surface area contributed by atoms with E-state index in [1.165, 1.54) is 0 Å². The molecular weight excluding hydrogens is 324 g/mol. The average Bonchev–Trinajstić information content (AvgIpc) is 2.91. The second-order valence-electron chi connectivity index (χ2n) is 5.61. The Kier molecular flexibility index (Phi) is 4.76. The van der Waals surface area contributed by atoms with E-state index in [9.17, 15) is 9.59 Å². The number of benzene rings is 2. The Morgan fingerprint density at radius 3 is 2.12 bits per heavy atom. The Morgan fingerprint density at radius 2 is 1.62 bits per heavy atom. The lowest BCUT2D eigenvalue weighted by Crippen LogP contribution is -2.46. The van der Waals surface area contributed by atoms with Crippen LogP contribution in [0.3, 0.4) is 0 Å². The number of nitrogens with one attached hydrogen (secondary N) is 1. The third kappa shape index (κ3) is 3.10. The predicted octanol–water partition coefficient (Wildman–Crippen LogP) is 2.31. The molecule has 0 fully saturated rings. The summed E-state index contributed by atoms with van der Waals surface area (Å²) in [5.41, 5.74) is 9.76. The number of thiol groups is 1. The molecule has 2 aromatic carbocycles. The molecule has 2 aromatic rings. The summed E-state index contributed by atoms with van der Waals surface area (Å²) in [6.07, 6.45) is -0.672. The zero-order valence-electron chi connectivity index (χ0n) is 12.9. The van der Waals surface area contributed by atoms with Crippen molar-refractivity contribution >= 4 is 24.6 Å². The van der Waals surface area contributed by atoms with Crippen LogP contribution in [0.2, 0.25) is 0 Å². The highest BCUT2D eigenvalue weighted by atomic mass is 32.1. The quantitative estimate of drug-likeness (QED) is 0.729. The summed E-state index contributed by atoms with van der Waals surface area (Å²) in [4.78, 5) is 23.1. The van der Waals surface area contributed by atoms with E-state index < -0.39 is 18.0 Å². The Bertz CT molecular complexity index is 733. The van der Waals surface area contributed by atoms with Crippen molar-refractivity contribution in [3.8, 4) is 11.1 Å². The molecule has 24 heavy (non-hydrogen) atoms. The first-order valence-electron chi connectivity index (χ1n) is 7.63. The van der Waals surface area contributed by atoms with Crippen molar-refractivity contribution in [2.75, 3.05) is 12.4 Å². The van der Waals surface area contributed by atoms with E-state index in [1.807, 2.05) is 36.4 Å². The lowest BCUT2D eigenvalue weighted by atomic mass is 9.98. The minimum absolute atomic E-state index is 0.0221. The maximum atomic E-state index is 11.9. The molecule has 0 aromatic heterocycles. The highest BCUT2D eigenvalue weighted by molar-refractivity contribution is 7.80. The zero-order valence-corrected chi connectivity index (χ0v) is 13.8. The Hall–Kier alpha value is -2.47. The number of carbonyl (C=O) groups is 2. The van der Waals surface area contributed by atoms with Crippen LogP contribution >= 0.6 is 12.6 Å². The lowest BCUT2D eigenvalue weighted by molar-refractivity contribution is -0.119. The molecule has 0 saturated carbocycles. The number of nitrogens with two attached hydrogens (primary N) is 1. The number of alkyl carbamates (subject to hydrolysis) is 1. The first-order valence-corrected chi connectivity index (χ1v) is 8.26. The van der Waals surface area contributed by atoms with Crippen molar-refractivity contribution in [3.05, 3.63) is 59.7 Å². The van der Waals surface area contributed by atoms with Crippen molar-refractivity contribution in [2.24, 2.45) is 5.73 Å². The second kappa shape index (κ2) is 6.97. The van der Waals surface area contributed by atoms with Crippen LogP contribution in [0.1, 0.15) is 17.0 Å². The molecule has 5 nitrogen and oxygen atoms in total. The molecule has 0 bridgehead atoms. The summed E-state index contributed by atoms with van der Waals surface area (Å²) in [7, 11) is 0. The smallest absolute Gasteiger partial charge is 0.407 e. The number of hydrogen-bond acceptors (Lipinski definition) is 4. The van der Waals surface area contributed by atoms with Crippen LogP contribution < -0.4 is 11.1 Å². The van der Waals surface area contributed by atoms with Gasteiger partial charge in [0.05, 0.1) is 0 Å². The van der Waals surface area contributed by atoms with E-state index in [4.69, 9.17) is 10.5 Å². The number of fused-ring (bicyclic) bond motifs is 3. The molecule has 1 unspecified atom stereocenters. The van der Waals surface area contributed by atoms with Crippen molar-refractivity contribution < 1.29 is 14.3 Å². The van der Waals surface area contributed by atoms with Crippen LogP contribution in [-0.4, -0.2) is 30.4 Å². The van der Waals surface area contributed by atoms with Gasteiger partial charge in [-0.2, -0.15) is 12.6 Å². The number of primary amides is 1. The molecule has 124 valence electrons. The van der Waals surface area contributed by atoms with Gasteiger partial charge in [-0.1, -0.05) is 48.5 Å². The van der Waals surface area contributed by atoms with Gasteiger partial charge in [-0.15, -0.1) is 0 Å². The summed E-state index contributed by atoms with van der Waals surface area (Å²) in [5, 5.41) is 2.43. The summed E-state index contributed by atoms with van der Waals surface area (Å²) in [6, 6.07) is 15.3. The third-order valence-electron chi connectivity index (χ3n) is 4.16. The summed E-state index contributed by atoms with van der Waals surface area (Å²) >= 11 is 3.99. The molecule has 1 atom stereocenters. The molecule has 2 amide bonds. The number of rotatable bonds is 5. The van der Waals surface area contributed by atoms with Gasteiger partial charge in [0.1, 0.15) is 12.6 Å². The van der Waals surface area contributed by atoms with Gasteiger partial charge in [0.2, 0.25) is 5.91 Å². The van der Waals surface area contributed by atoms with Gasteiger partial charge < -0.3 is 15.8 Å².